The van der Waals surface area contributed by atoms with Crippen LogP contribution in [0.1, 0.15) is 59.8 Å². The lowest BCUT2D eigenvalue weighted by Crippen LogP contribution is -2.37. The van der Waals surface area contributed by atoms with E-state index >= 15 is 0 Å². The van der Waals surface area contributed by atoms with Crippen LogP contribution in [0.25, 0.3) is 0 Å². The molecule has 0 atom stereocenters. The molecule has 0 spiro atoms. The molecule has 0 amide bonds. The predicted octanol–water partition coefficient (Wildman–Crippen LogP) is 3.15. The highest BCUT2D eigenvalue weighted by molar-refractivity contribution is 6.63. The maximum atomic E-state index is 12.0. The summed E-state index contributed by atoms with van der Waals surface area (Å²) in [5, 5.41) is -1.16. The fourth-order valence-electron chi connectivity index (χ4n) is 1.76. The van der Waals surface area contributed by atoms with Crippen molar-refractivity contribution in [2.45, 2.75) is 71.0 Å². The first kappa shape index (κ1) is 23.0. The number of hydrogen-bond acceptors (Lipinski definition) is 6. The monoisotopic (exact) mass is 382 g/mol. The van der Waals surface area contributed by atoms with Crippen LogP contribution < -0.4 is 0 Å². The van der Waals surface area contributed by atoms with Crippen LogP contribution in [0.15, 0.2) is 0 Å². The molecular formula is C16H24Cl2O6. The minimum absolute atomic E-state index is 0.0141. The Kier molecular flexibility index (Phi) is 9.70. The Balaban J connectivity index is 4.30. The molecule has 0 rings (SSSR count). The van der Waals surface area contributed by atoms with E-state index in [1.165, 1.54) is 0 Å². The summed E-state index contributed by atoms with van der Waals surface area (Å²) in [6.07, 6.45) is 0.186. The fourth-order valence-corrected chi connectivity index (χ4v) is 1.94. The van der Waals surface area contributed by atoms with Crippen LogP contribution in [0.4, 0.5) is 0 Å². The van der Waals surface area contributed by atoms with Crippen molar-refractivity contribution < 1.29 is 28.7 Å². The molecular weight excluding hydrogens is 359 g/mol. The Labute approximate surface area is 152 Å². The fraction of sp³-hybridized carbons (Fsp3) is 0.750. The van der Waals surface area contributed by atoms with Gasteiger partial charge in [-0.1, -0.05) is 0 Å². The zero-order valence-corrected chi connectivity index (χ0v) is 16.0. The van der Waals surface area contributed by atoms with Crippen LogP contribution in [0.2, 0.25) is 0 Å². The van der Waals surface area contributed by atoms with E-state index in [4.69, 9.17) is 32.7 Å². The number of hydrogen-bond donors (Lipinski definition) is 0. The third-order valence-corrected chi connectivity index (χ3v) is 3.68. The first-order valence-electron chi connectivity index (χ1n) is 7.61. The van der Waals surface area contributed by atoms with Crippen LogP contribution in [0, 0.1) is 0 Å². The molecule has 0 aliphatic rings. The number of rotatable bonds is 12. The van der Waals surface area contributed by atoms with Gasteiger partial charge in [0.2, 0.25) is 10.5 Å². The summed E-state index contributed by atoms with van der Waals surface area (Å²) in [6.45, 7) is 6.82. The molecule has 0 aliphatic carbocycles. The minimum atomic E-state index is -1.06. The SMILES string of the molecule is CC(C)(CCOC(C)(C)C(=O)CCC(=O)Cl)OC(=O)CCC(=O)Cl. The molecule has 0 unspecified atom stereocenters. The zero-order valence-electron chi connectivity index (χ0n) is 14.4. The molecule has 0 N–H and O–H groups in total. The van der Waals surface area contributed by atoms with Gasteiger partial charge in [0.25, 0.3) is 0 Å². The molecule has 6 nitrogen and oxygen atoms in total. The molecule has 0 radical (unpaired) electrons. The lowest BCUT2D eigenvalue weighted by Gasteiger charge is -2.28. The second-order valence-corrected chi connectivity index (χ2v) is 7.32. The van der Waals surface area contributed by atoms with Gasteiger partial charge in [0, 0.05) is 25.7 Å². The van der Waals surface area contributed by atoms with Gasteiger partial charge in [-0.2, -0.15) is 0 Å². The smallest absolute Gasteiger partial charge is 0.306 e. The Bertz CT molecular complexity index is 485. The zero-order chi connectivity index (χ0) is 19.0. The molecule has 0 aliphatic heterocycles. The number of Topliss-reactive ketones (excluding diaryl/α,β-unsaturated/α-hetero) is 1. The summed E-state index contributed by atoms with van der Waals surface area (Å²) in [5.74, 6) is -0.753. The molecule has 24 heavy (non-hydrogen) atoms. The second-order valence-electron chi connectivity index (χ2n) is 6.48. The van der Waals surface area contributed by atoms with Crippen molar-refractivity contribution in [1.82, 2.24) is 0 Å². The van der Waals surface area contributed by atoms with Crippen molar-refractivity contribution in [3.05, 3.63) is 0 Å². The molecule has 138 valence electrons. The third-order valence-electron chi connectivity index (χ3n) is 3.30. The van der Waals surface area contributed by atoms with Crippen molar-refractivity contribution in [3.63, 3.8) is 0 Å². The second kappa shape index (κ2) is 10.1. The van der Waals surface area contributed by atoms with E-state index < -0.39 is 27.7 Å². The van der Waals surface area contributed by atoms with Crippen LogP contribution in [0.5, 0.6) is 0 Å². The first-order valence-corrected chi connectivity index (χ1v) is 8.37. The van der Waals surface area contributed by atoms with E-state index in [-0.39, 0.29) is 38.1 Å². The summed E-state index contributed by atoms with van der Waals surface area (Å²) in [5.41, 5.74) is -1.87. The normalized spacial score (nSPS) is 11.9. The van der Waals surface area contributed by atoms with Gasteiger partial charge >= 0.3 is 5.97 Å². The molecule has 0 aromatic carbocycles. The van der Waals surface area contributed by atoms with Crippen molar-refractivity contribution >= 4 is 45.4 Å². The number of ether oxygens (including phenoxy) is 2. The Morgan fingerprint density at radius 1 is 0.833 bits per heavy atom. The standard InChI is InChI=1S/C16H24Cl2O6/c1-15(2,24-14(22)8-7-13(18)21)9-10-23-16(3,4)11(19)5-6-12(17)20/h5-10H2,1-4H3. The van der Waals surface area contributed by atoms with E-state index in [1.807, 2.05) is 0 Å². The maximum Gasteiger partial charge on any atom is 0.306 e. The summed E-state index contributed by atoms with van der Waals surface area (Å²) < 4.78 is 10.8. The van der Waals surface area contributed by atoms with Crippen molar-refractivity contribution in [2.75, 3.05) is 6.61 Å². The van der Waals surface area contributed by atoms with Gasteiger partial charge in [-0.3, -0.25) is 19.2 Å². The van der Waals surface area contributed by atoms with Gasteiger partial charge in [-0.05, 0) is 50.9 Å². The summed E-state index contributed by atoms with van der Waals surface area (Å²) >= 11 is 10.4. The number of esters is 1. The van der Waals surface area contributed by atoms with Crippen LogP contribution in [-0.4, -0.2) is 40.0 Å². The summed E-state index contributed by atoms with van der Waals surface area (Å²) in [6, 6.07) is 0. The number of carbonyl (C=O) groups excluding carboxylic acids is 4. The largest absolute Gasteiger partial charge is 0.460 e. The summed E-state index contributed by atoms with van der Waals surface area (Å²) in [4.78, 5) is 44.9. The van der Waals surface area contributed by atoms with Crippen LogP contribution in [-0.2, 0) is 28.7 Å². The van der Waals surface area contributed by atoms with E-state index in [2.05, 4.69) is 0 Å². The molecule has 0 saturated heterocycles. The molecule has 0 aromatic heterocycles. The topological polar surface area (TPSA) is 86.7 Å². The van der Waals surface area contributed by atoms with Crippen LogP contribution >= 0.6 is 23.2 Å². The highest BCUT2D eigenvalue weighted by atomic mass is 35.5. The lowest BCUT2D eigenvalue weighted by molar-refractivity contribution is -0.161. The molecule has 0 heterocycles. The average molecular weight is 383 g/mol. The highest BCUT2D eigenvalue weighted by Gasteiger charge is 2.30. The van der Waals surface area contributed by atoms with Crippen molar-refractivity contribution in [3.8, 4) is 0 Å². The molecule has 0 aromatic rings. The van der Waals surface area contributed by atoms with Gasteiger partial charge in [0.15, 0.2) is 5.78 Å². The average Bonchev–Trinajstić information content (AvgIpc) is 2.41. The van der Waals surface area contributed by atoms with Crippen molar-refractivity contribution in [2.24, 2.45) is 0 Å². The lowest BCUT2D eigenvalue weighted by atomic mass is 9.99. The van der Waals surface area contributed by atoms with Gasteiger partial charge in [-0.25, -0.2) is 0 Å². The van der Waals surface area contributed by atoms with Gasteiger partial charge < -0.3 is 9.47 Å². The quantitative estimate of drug-likeness (QED) is 0.380. The Hall–Kier alpha value is -0.980. The molecule has 0 saturated carbocycles. The van der Waals surface area contributed by atoms with Crippen LogP contribution in [0.3, 0.4) is 0 Å². The maximum absolute atomic E-state index is 12.0. The van der Waals surface area contributed by atoms with Gasteiger partial charge in [0.1, 0.15) is 11.2 Å². The van der Waals surface area contributed by atoms with E-state index in [9.17, 15) is 19.2 Å². The number of ketones is 1. The number of halogens is 2. The first-order chi connectivity index (χ1) is 10.9. The minimum Gasteiger partial charge on any atom is -0.460 e. The van der Waals surface area contributed by atoms with E-state index in [1.54, 1.807) is 27.7 Å². The summed E-state index contributed by atoms with van der Waals surface area (Å²) in [7, 11) is 0. The number of carbonyl (C=O) groups is 4. The highest BCUT2D eigenvalue weighted by Crippen LogP contribution is 2.20. The van der Waals surface area contributed by atoms with E-state index in [0.717, 1.165) is 0 Å². The molecule has 8 heteroatoms. The molecule has 0 fully saturated rings. The van der Waals surface area contributed by atoms with E-state index in [0.29, 0.717) is 6.42 Å². The molecule has 0 bridgehead atoms. The third kappa shape index (κ3) is 10.7. The van der Waals surface area contributed by atoms with Gasteiger partial charge in [-0.15, -0.1) is 0 Å². The Morgan fingerprint density at radius 3 is 1.83 bits per heavy atom. The van der Waals surface area contributed by atoms with Gasteiger partial charge in [0.05, 0.1) is 13.0 Å². The predicted molar refractivity (Wildman–Crippen MR) is 90.0 cm³/mol. The van der Waals surface area contributed by atoms with Crippen molar-refractivity contribution in [1.29, 1.82) is 0 Å². The Morgan fingerprint density at radius 2 is 1.33 bits per heavy atom.